The molecule has 0 fully saturated rings. The fraction of sp³-hybridized carbons (Fsp3) is 0.600. The van der Waals surface area contributed by atoms with Crippen LogP contribution in [0, 0.1) is 0 Å². The molecular weight excluding hydrogens is 512 g/mol. The van der Waals surface area contributed by atoms with Crippen LogP contribution in [-0.2, 0) is 9.59 Å². The quantitative estimate of drug-likeness (QED) is 0.124. The lowest BCUT2D eigenvalue weighted by atomic mass is 10.1. The smallest absolute Gasteiger partial charge is 0.224 e. The van der Waals surface area contributed by atoms with Crippen molar-refractivity contribution in [2.45, 2.75) is 123 Å². The molecular formula is C35H54N2O4. The molecule has 0 unspecified atom stereocenters. The Morgan fingerprint density at radius 3 is 1.22 bits per heavy atom. The molecule has 2 rings (SSSR count). The Morgan fingerprint density at radius 2 is 0.829 bits per heavy atom. The Morgan fingerprint density at radius 1 is 0.488 bits per heavy atom. The largest absolute Gasteiger partial charge is 0.494 e. The first kappa shape index (κ1) is 34.2. The second-order valence-corrected chi connectivity index (χ2v) is 10.9. The van der Waals surface area contributed by atoms with Gasteiger partial charge in [-0.2, -0.15) is 0 Å². The molecule has 0 atom stereocenters. The van der Waals surface area contributed by atoms with E-state index in [-0.39, 0.29) is 11.8 Å². The van der Waals surface area contributed by atoms with E-state index in [1.54, 1.807) is 0 Å². The number of unbranched alkanes of at least 4 members (excludes halogenated alkanes) is 12. The normalized spacial score (nSPS) is 10.8. The first-order chi connectivity index (χ1) is 20.1. The van der Waals surface area contributed by atoms with Gasteiger partial charge in [-0.15, -0.1) is 0 Å². The maximum atomic E-state index is 12.3. The van der Waals surface area contributed by atoms with Gasteiger partial charge in [-0.25, -0.2) is 0 Å². The zero-order chi connectivity index (χ0) is 29.4. The average molecular weight is 567 g/mol. The van der Waals surface area contributed by atoms with Gasteiger partial charge in [0.2, 0.25) is 11.8 Å². The van der Waals surface area contributed by atoms with E-state index >= 15 is 0 Å². The van der Waals surface area contributed by atoms with Gasteiger partial charge >= 0.3 is 0 Å². The fourth-order valence-corrected chi connectivity index (χ4v) is 4.61. The van der Waals surface area contributed by atoms with Crippen LogP contribution in [0.4, 0.5) is 11.4 Å². The van der Waals surface area contributed by atoms with Crippen LogP contribution in [-0.4, -0.2) is 25.0 Å². The standard InChI is InChI=1S/C35H54N2O4/c1-3-5-7-12-16-28-40-32-24-20-30(21-25-32)36-34(38)18-14-10-9-11-15-19-35(39)37-31-22-26-33(27-23-31)41-29-17-13-8-6-4-2/h20-27H,3-19,28-29H2,1-2H3,(H,36,38)(H,37,39). The number of benzene rings is 2. The summed E-state index contributed by atoms with van der Waals surface area (Å²) in [6.45, 7) is 5.92. The van der Waals surface area contributed by atoms with E-state index in [9.17, 15) is 9.59 Å². The van der Waals surface area contributed by atoms with Crippen molar-refractivity contribution in [3.8, 4) is 11.5 Å². The van der Waals surface area contributed by atoms with Crippen LogP contribution in [0.2, 0.25) is 0 Å². The van der Waals surface area contributed by atoms with Gasteiger partial charge in [0.25, 0.3) is 0 Å². The number of hydrogen-bond acceptors (Lipinski definition) is 4. The molecule has 2 aromatic carbocycles. The molecule has 0 saturated heterocycles. The number of carbonyl (C=O) groups is 2. The molecule has 0 radical (unpaired) electrons. The van der Waals surface area contributed by atoms with Crippen LogP contribution >= 0.6 is 0 Å². The van der Waals surface area contributed by atoms with E-state index in [1.165, 1.54) is 51.4 Å². The summed E-state index contributed by atoms with van der Waals surface area (Å²) in [6.07, 6.45) is 17.9. The maximum absolute atomic E-state index is 12.3. The van der Waals surface area contributed by atoms with E-state index in [4.69, 9.17) is 9.47 Å². The highest BCUT2D eigenvalue weighted by Gasteiger charge is 2.05. The van der Waals surface area contributed by atoms with Gasteiger partial charge in [0.15, 0.2) is 0 Å². The van der Waals surface area contributed by atoms with E-state index in [2.05, 4.69) is 24.5 Å². The first-order valence-electron chi connectivity index (χ1n) is 16.2. The van der Waals surface area contributed by atoms with Crippen LogP contribution in [0.1, 0.15) is 123 Å². The highest BCUT2D eigenvalue weighted by molar-refractivity contribution is 5.91. The average Bonchev–Trinajstić information content (AvgIpc) is 2.98. The van der Waals surface area contributed by atoms with Crippen molar-refractivity contribution in [1.82, 2.24) is 0 Å². The molecule has 2 N–H and O–H groups in total. The third kappa shape index (κ3) is 17.4. The fourth-order valence-electron chi connectivity index (χ4n) is 4.61. The van der Waals surface area contributed by atoms with Gasteiger partial charge < -0.3 is 20.1 Å². The Balaban J connectivity index is 1.46. The second kappa shape index (κ2) is 22.6. The Hall–Kier alpha value is -3.02. The van der Waals surface area contributed by atoms with Gasteiger partial charge in [0, 0.05) is 24.2 Å². The topological polar surface area (TPSA) is 76.7 Å². The number of anilines is 2. The number of amides is 2. The van der Waals surface area contributed by atoms with Crippen LogP contribution in [0.5, 0.6) is 11.5 Å². The third-order valence-electron chi connectivity index (χ3n) is 7.12. The molecule has 2 aromatic rings. The van der Waals surface area contributed by atoms with Gasteiger partial charge in [0.05, 0.1) is 13.2 Å². The van der Waals surface area contributed by atoms with Crippen LogP contribution in [0.15, 0.2) is 48.5 Å². The number of nitrogens with one attached hydrogen (secondary N) is 2. The summed E-state index contributed by atoms with van der Waals surface area (Å²) in [4.78, 5) is 24.5. The van der Waals surface area contributed by atoms with Gasteiger partial charge in [-0.3, -0.25) is 9.59 Å². The summed E-state index contributed by atoms with van der Waals surface area (Å²) >= 11 is 0. The summed E-state index contributed by atoms with van der Waals surface area (Å²) in [5.41, 5.74) is 1.60. The van der Waals surface area contributed by atoms with Crippen molar-refractivity contribution in [3.63, 3.8) is 0 Å². The molecule has 0 aliphatic rings. The zero-order valence-electron chi connectivity index (χ0n) is 25.7. The zero-order valence-corrected chi connectivity index (χ0v) is 25.7. The Kier molecular flexibility index (Phi) is 18.9. The second-order valence-electron chi connectivity index (χ2n) is 10.9. The van der Waals surface area contributed by atoms with Crippen molar-refractivity contribution in [2.24, 2.45) is 0 Å². The summed E-state index contributed by atoms with van der Waals surface area (Å²) < 4.78 is 11.6. The SMILES string of the molecule is CCCCCCCOc1ccc(NC(=O)CCCCCCCC(=O)Nc2ccc(OCCCCCCC)cc2)cc1. The molecule has 0 aliphatic carbocycles. The molecule has 6 heteroatoms. The highest BCUT2D eigenvalue weighted by atomic mass is 16.5. The van der Waals surface area contributed by atoms with Crippen LogP contribution < -0.4 is 20.1 Å². The summed E-state index contributed by atoms with van der Waals surface area (Å²) in [7, 11) is 0. The number of hydrogen-bond donors (Lipinski definition) is 2. The minimum atomic E-state index is 0.0392. The molecule has 0 bridgehead atoms. The molecule has 0 spiro atoms. The van der Waals surface area contributed by atoms with E-state index in [1.807, 2.05) is 48.5 Å². The molecule has 0 aromatic heterocycles. The molecule has 0 aliphatic heterocycles. The maximum Gasteiger partial charge on any atom is 0.224 e. The molecule has 41 heavy (non-hydrogen) atoms. The first-order valence-corrected chi connectivity index (χ1v) is 16.2. The van der Waals surface area contributed by atoms with Crippen molar-refractivity contribution in [2.75, 3.05) is 23.8 Å². The van der Waals surface area contributed by atoms with E-state index < -0.39 is 0 Å². The van der Waals surface area contributed by atoms with Crippen LogP contribution in [0.25, 0.3) is 0 Å². The predicted molar refractivity (Wildman–Crippen MR) is 171 cm³/mol. The summed E-state index contributed by atoms with van der Waals surface area (Å²) in [6, 6.07) is 15.2. The number of ether oxygens (including phenoxy) is 2. The Labute approximate surface area is 249 Å². The lowest BCUT2D eigenvalue weighted by molar-refractivity contribution is -0.117. The van der Waals surface area contributed by atoms with E-state index in [0.29, 0.717) is 12.8 Å². The number of carbonyl (C=O) groups excluding carboxylic acids is 2. The Bertz CT molecular complexity index is 866. The minimum absolute atomic E-state index is 0.0392. The van der Waals surface area contributed by atoms with Gasteiger partial charge in [-0.1, -0.05) is 84.5 Å². The van der Waals surface area contributed by atoms with E-state index in [0.717, 1.165) is 81.0 Å². The number of rotatable bonds is 24. The molecule has 6 nitrogen and oxygen atoms in total. The predicted octanol–water partition coefficient (Wildman–Crippen LogP) is 9.69. The minimum Gasteiger partial charge on any atom is -0.494 e. The van der Waals surface area contributed by atoms with Crippen molar-refractivity contribution in [3.05, 3.63) is 48.5 Å². The third-order valence-corrected chi connectivity index (χ3v) is 7.12. The molecule has 228 valence electrons. The van der Waals surface area contributed by atoms with Gasteiger partial charge in [-0.05, 0) is 74.2 Å². The summed E-state index contributed by atoms with van der Waals surface area (Å²) in [5.74, 6) is 1.77. The molecule has 2 amide bonds. The van der Waals surface area contributed by atoms with Gasteiger partial charge in [0.1, 0.15) is 11.5 Å². The molecule has 0 heterocycles. The lowest BCUT2D eigenvalue weighted by Crippen LogP contribution is -2.11. The van der Waals surface area contributed by atoms with Crippen molar-refractivity contribution in [1.29, 1.82) is 0 Å². The monoisotopic (exact) mass is 566 g/mol. The lowest BCUT2D eigenvalue weighted by Gasteiger charge is -2.09. The van der Waals surface area contributed by atoms with Crippen molar-refractivity contribution >= 4 is 23.2 Å². The summed E-state index contributed by atoms with van der Waals surface area (Å²) in [5, 5.41) is 5.93. The van der Waals surface area contributed by atoms with Crippen LogP contribution in [0.3, 0.4) is 0 Å². The highest BCUT2D eigenvalue weighted by Crippen LogP contribution is 2.19. The molecule has 0 saturated carbocycles. The van der Waals surface area contributed by atoms with Crippen molar-refractivity contribution < 1.29 is 19.1 Å².